The minimum absolute atomic E-state index is 0.0927. The van der Waals surface area contributed by atoms with Gasteiger partial charge in [-0.15, -0.1) is 0 Å². The fourth-order valence-electron chi connectivity index (χ4n) is 3.69. The van der Waals surface area contributed by atoms with Gasteiger partial charge in [-0.3, -0.25) is 14.3 Å². The number of aryl methyl sites for hydroxylation is 1. The molecule has 1 aromatic carbocycles. The van der Waals surface area contributed by atoms with Gasteiger partial charge in [0.2, 0.25) is 5.91 Å². The van der Waals surface area contributed by atoms with Crippen LogP contribution >= 0.6 is 0 Å². The molecule has 4 rings (SSSR count). The van der Waals surface area contributed by atoms with Gasteiger partial charge in [-0.2, -0.15) is 5.10 Å². The van der Waals surface area contributed by atoms with E-state index in [0.29, 0.717) is 30.8 Å². The van der Waals surface area contributed by atoms with Crippen molar-refractivity contribution in [1.82, 2.24) is 25.0 Å². The molecule has 0 spiro atoms. The molecule has 28 heavy (non-hydrogen) atoms. The topological polar surface area (TPSA) is 80.1 Å². The molecule has 7 nitrogen and oxygen atoms in total. The molecule has 1 saturated heterocycles. The molecule has 1 aliphatic heterocycles. The molecule has 0 bridgehead atoms. The molecule has 1 aliphatic rings. The van der Waals surface area contributed by atoms with E-state index in [1.54, 1.807) is 11.1 Å². The SMILES string of the molecule is CCC1C(=O)NCCN1C(=O)c1cc(-c2cnn(CC)c2)nc2ccccc12. The Kier molecular flexibility index (Phi) is 4.81. The number of carbonyl (C=O) groups excluding carboxylic acids is 2. The molecule has 1 N–H and O–H groups in total. The van der Waals surface area contributed by atoms with Crippen LogP contribution in [0.3, 0.4) is 0 Å². The molecule has 7 heteroatoms. The molecule has 1 fully saturated rings. The zero-order chi connectivity index (χ0) is 19.7. The maximum absolute atomic E-state index is 13.5. The molecule has 1 unspecified atom stereocenters. The maximum Gasteiger partial charge on any atom is 0.255 e. The summed E-state index contributed by atoms with van der Waals surface area (Å²) in [5.41, 5.74) is 2.89. The van der Waals surface area contributed by atoms with Gasteiger partial charge in [-0.1, -0.05) is 25.1 Å². The zero-order valence-corrected chi connectivity index (χ0v) is 16.1. The second-order valence-corrected chi connectivity index (χ2v) is 6.87. The number of nitrogens with zero attached hydrogens (tertiary/aromatic N) is 4. The minimum atomic E-state index is -0.445. The number of fused-ring (bicyclic) bond motifs is 1. The van der Waals surface area contributed by atoms with Crippen molar-refractivity contribution in [1.29, 1.82) is 0 Å². The summed E-state index contributed by atoms with van der Waals surface area (Å²) < 4.78 is 1.83. The number of benzene rings is 1. The van der Waals surface area contributed by atoms with Gasteiger partial charge in [0.25, 0.3) is 5.91 Å². The van der Waals surface area contributed by atoms with Gasteiger partial charge in [0.05, 0.1) is 23.0 Å². The molecule has 144 valence electrons. The maximum atomic E-state index is 13.5. The van der Waals surface area contributed by atoms with Gasteiger partial charge in [-0.05, 0) is 25.5 Å². The molecular weight excluding hydrogens is 354 g/mol. The summed E-state index contributed by atoms with van der Waals surface area (Å²) in [4.78, 5) is 32.1. The second-order valence-electron chi connectivity index (χ2n) is 6.87. The van der Waals surface area contributed by atoms with Crippen molar-refractivity contribution in [3.8, 4) is 11.3 Å². The van der Waals surface area contributed by atoms with Gasteiger partial charge >= 0.3 is 0 Å². The number of carbonyl (C=O) groups is 2. The van der Waals surface area contributed by atoms with Crippen LogP contribution in [0, 0.1) is 0 Å². The third kappa shape index (κ3) is 3.13. The Hall–Kier alpha value is -3.22. The van der Waals surface area contributed by atoms with Crippen molar-refractivity contribution in [2.75, 3.05) is 13.1 Å². The van der Waals surface area contributed by atoms with Crippen LogP contribution in [-0.2, 0) is 11.3 Å². The molecule has 3 aromatic rings. The van der Waals surface area contributed by atoms with Gasteiger partial charge in [0.1, 0.15) is 6.04 Å². The Morgan fingerprint density at radius 1 is 1.29 bits per heavy atom. The standard InChI is InChI=1S/C21H23N5O2/c1-3-19-20(27)22-9-10-26(19)21(28)16-11-18(14-12-23-25(4-2)13-14)24-17-8-6-5-7-15(16)17/h5-8,11-13,19H,3-4,9-10H2,1-2H3,(H,22,27). The van der Waals surface area contributed by atoms with E-state index in [0.717, 1.165) is 23.0 Å². The average Bonchev–Trinajstić information content (AvgIpc) is 3.21. The molecule has 0 aliphatic carbocycles. The first-order valence-electron chi connectivity index (χ1n) is 9.63. The summed E-state index contributed by atoms with van der Waals surface area (Å²) in [7, 11) is 0. The van der Waals surface area contributed by atoms with Gasteiger partial charge in [-0.25, -0.2) is 4.98 Å². The van der Waals surface area contributed by atoms with Crippen LogP contribution in [-0.4, -0.2) is 50.6 Å². The van der Waals surface area contributed by atoms with Crippen LogP contribution in [0.2, 0.25) is 0 Å². The number of piperazine rings is 1. The smallest absolute Gasteiger partial charge is 0.255 e. The van der Waals surface area contributed by atoms with E-state index < -0.39 is 6.04 Å². The zero-order valence-electron chi connectivity index (χ0n) is 16.1. The summed E-state index contributed by atoms with van der Waals surface area (Å²) in [6, 6.07) is 8.99. The Morgan fingerprint density at radius 2 is 2.11 bits per heavy atom. The lowest BCUT2D eigenvalue weighted by Crippen LogP contribution is -2.56. The van der Waals surface area contributed by atoms with Gasteiger partial charge in [0, 0.05) is 36.8 Å². The van der Waals surface area contributed by atoms with E-state index >= 15 is 0 Å². The predicted molar refractivity (Wildman–Crippen MR) is 107 cm³/mol. The molecular formula is C21H23N5O2. The quantitative estimate of drug-likeness (QED) is 0.757. The summed E-state index contributed by atoms with van der Waals surface area (Å²) in [5.74, 6) is -0.227. The van der Waals surface area contributed by atoms with Crippen molar-refractivity contribution in [2.24, 2.45) is 0 Å². The first-order chi connectivity index (χ1) is 13.6. The third-order valence-electron chi connectivity index (χ3n) is 5.18. The number of nitrogens with one attached hydrogen (secondary N) is 1. The molecule has 2 aromatic heterocycles. The number of pyridine rings is 1. The molecule has 3 heterocycles. The Bertz CT molecular complexity index is 1040. The Morgan fingerprint density at radius 3 is 2.86 bits per heavy atom. The fourth-order valence-corrected chi connectivity index (χ4v) is 3.69. The lowest BCUT2D eigenvalue weighted by atomic mass is 10.0. The van der Waals surface area contributed by atoms with Crippen LogP contribution in [0.4, 0.5) is 0 Å². The van der Waals surface area contributed by atoms with Crippen LogP contribution in [0.15, 0.2) is 42.7 Å². The highest BCUT2D eigenvalue weighted by Gasteiger charge is 2.33. The Labute approximate surface area is 163 Å². The van der Waals surface area contributed by atoms with E-state index in [1.807, 2.05) is 55.1 Å². The summed E-state index contributed by atoms with van der Waals surface area (Å²) in [5, 5.41) is 7.96. The molecule has 1 atom stereocenters. The van der Waals surface area contributed by atoms with Crippen molar-refractivity contribution in [2.45, 2.75) is 32.9 Å². The number of hydrogen-bond donors (Lipinski definition) is 1. The highest BCUT2D eigenvalue weighted by Crippen LogP contribution is 2.26. The lowest BCUT2D eigenvalue weighted by Gasteiger charge is -2.34. The summed E-state index contributed by atoms with van der Waals surface area (Å²) in [6.45, 7) is 5.68. The monoisotopic (exact) mass is 377 g/mol. The first kappa shape index (κ1) is 18.2. The third-order valence-corrected chi connectivity index (χ3v) is 5.18. The van der Waals surface area contributed by atoms with Gasteiger partial charge in [0.15, 0.2) is 0 Å². The van der Waals surface area contributed by atoms with Gasteiger partial charge < -0.3 is 10.2 Å². The molecule has 0 saturated carbocycles. The normalized spacial score (nSPS) is 17.0. The predicted octanol–water partition coefficient (Wildman–Crippen LogP) is 2.47. The van der Waals surface area contributed by atoms with Crippen molar-refractivity contribution >= 4 is 22.7 Å². The summed E-state index contributed by atoms with van der Waals surface area (Å²) in [6.07, 6.45) is 4.27. The first-order valence-corrected chi connectivity index (χ1v) is 9.63. The highest BCUT2D eigenvalue weighted by molar-refractivity contribution is 6.08. The van der Waals surface area contributed by atoms with E-state index in [1.165, 1.54) is 0 Å². The van der Waals surface area contributed by atoms with Crippen LogP contribution in [0.1, 0.15) is 30.6 Å². The average molecular weight is 377 g/mol. The second kappa shape index (κ2) is 7.42. The highest BCUT2D eigenvalue weighted by atomic mass is 16.2. The van der Waals surface area contributed by atoms with Crippen LogP contribution in [0.5, 0.6) is 0 Å². The number of aromatic nitrogens is 3. The number of para-hydroxylation sites is 1. The number of rotatable bonds is 4. The fraction of sp³-hybridized carbons (Fsp3) is 0.333. The molecule has 0 radical (unpaired) electrons. The van der Waals surface area contributed by atoms with E-state index in [9.17, 15) is 9.59 Å². The minimum Gasteiger partial charge on any atom is -0.353 e. The van der Waals surface area contributed by atoms with Crippen LogP contribution < -0.4 is 5.32 Å². The number of amides is 2. The molecule has 2 amide bonds. The lowest BCUT2D eigenvalue weighted by molar-refractivity contribution is -0.127. The largest absolute Gasteiger partial charge is 0.353 e. The van der Waals surface area contributed by atoms with E-state index in [-0.39, 0.29) is 11.8 Å². The van der Waals surface area contributed by atoms with Crippen molar-refractivity contribution < 1.29 is 9.59 Å². The van der Waals surface area contributed by atoms with E-state index in [4.69, 9.17) is 4.98 Å². The van der Waals surface area contributed by atoms with Crippen molar-refractivity contribution in [3.05, 3.63) is 48.3 Å². The van der Waals surface area contributed by atoms with E-state index in [2.05, 4.69) is 10.4 Å². The van der Waals surface area contributed by atoms with Crippen LogP contribution in [0.25, 0.3) is 22.2 Å². The number of hydrogen-bond acceptors (Lipinski definition) is 4. The Balaban J connectivity index is 1.83. The van der Waals surface area contributed by atoms with Crippen molar-refractivity contribution in [3.63, 3.8) is 0 Å². The summed E-state index contributed by atoms with van der Waals surface area (Å²) >= 11 is 0.